The first-order chi connectivity index (χ1) is 7.56. The number of ether oxygens (including phenoxy) is 1. The number of benzene rings is 1. The Labute approximate surface area is 91.7 Å². The van der Waals surface area contributed by atoms with E-state index in [1.807, 2.05) is 0 Å². The zero-order valence-electron chi connectivity index (χ0n) is 8.74. The fourth-order valence-electron chi connectivity index (χ4n) is 1.47. The topological polar surface area (TPSA) is 46.5 Å². The van der Waals surface area contributed by atoms with Crippen molar-refractivity contribution in [3.05, 3.63) is 29.3 Å². The molecule has 0 unspecified atom stereocenters. The minimum Gasteiger partial charge on any atom is -0.496 e. The Hall–Kier alpha value is -1.65. The van der Waals surface area contributed by atoms with Crippen molar-refractivity contribution in [3.63, 3.8) is 0 Å². The second kappa shape index (κ2) is 5.44. The molecule has 0 aliphatic heterocycles. The molecular formula is C11H12F2O3. The highest BCUT2D eigenvalue weighted by Crippen LogP contribution is 2.32. The molecule has 5 heteroatoms. The van der Waals surface area contributed by atoms with E-state index in [-0.39, 0.29) is 24.2 Å². The van der Waals surface area contributed by atoms with Crippen LogP contribution >= 0.6 is 0 Å². The van der Waals surface area contributed by atoms with Gasteiger partial charge in [0.2, 0.25) is 0 Å². The van der Waals surface area contributed by atoms with E-state index in [0.29, 0.717) is 5.56 Å². The van der Waals surface area contributed by atoms with E-state index >= 15 is 0 Å². The summed E-state index contributed by atoms with van der Waals surface area (Å²) in [6.45, 7) is 0. The molecule has 0 heterocycles. The van der Waals surface area contributed by atoms with E-state index in [0.717, 1.165) is 0 Å². The third-order valence-electron chi connectivity index (χ3n) is 2.20. The Kier molecular flexibility index (Phi) is 4.22. The Morgan fingerprint density at radius 3 is 2.69 bits per heavy atom. The summed E-state index contributed by atoms with van der Waals surface area (Å²) in [6.07, 6.45) is -2.76. The maximum Gasteiger partial charge on any atom is 0.303 e. The van der Waals surface area contributed by atoms with Gasteiger partial charge < -0.3 is 9.84 Å². The molecule has 0 saturated carbocycles. The second-order valence-corrected chi connectivity index (χ2v) is 3.23. The fraction of sp³-hybridized carbons (Fsp3) is 0.364. The van der Waals surface area contributed by atoms with Gasteiger partial charge in [0.15, 0.2) is 0 Å². The van der Waals surface area contributed by atoms with Crippen LogP contribution in [-0.2, 0) is 11.2 Å². The van der Waals surface area contributed by atoms with Crippen LogP contribution in [0.25, 0.3) is 0 Å². The van der Waals surface area contributed by atoms with E-state index in [2.05, 4.69) is 0 Å². The summed E-state index contributed by atoms with van der Waals surface area (Å²) in [7, 11) is 1.31. The molecule has 0 saturated heterocycles. The Morgan fingerprint density at radius 2 is 2.19 bits per heavy atom. The van der Waals surface area contributed by atoms with E-state index < -0.39 is 12.4 Å². The summed E-state index contributed by atoms with van der Waals surface area (Å²) in [5.74, 6) is -0.916. The van der Waals surface area contributed by atoms with Gasteiger partial charge >= 0.3 is 5.97 Å². The van der Waals surface area contributed by atoms with Gasteiger partial charge in [-0.25, -0.2) is 8.78 Å². The molecule has 0 aliphatic rings. The lowest BCUT2D eigenvalue weighted by molar-refractivity contribution is -0.136. The van der Waals surface area contributed by atoms with Crippen LogP contribution in [0.5, 0.6) is 5.75 Å². The summed E-state index contributed by atoms with van der Waals surface area (Å²) in [6, 6.07) is 4.50. The van der Waals surface area contributed by atoms with Crippen molar-refractivity contribution in [2.75, 3.05) is 7.11 Å². The minimum atomic E-state index is -2.67. The minimum absolute atomic E-state index is 0.0756. The molecule has 3 nitrogen and oxygen atoms in total. The predicted molar refractivity (Wildman–Crippen MR) is 53.9 cm³/mol. The number of aliphatic carboxylic acids is 1. The Bertz CT molecular complexity index is 377. The molecule has 1 N–H and O–H groups in total. The lowest BCUT2D eigenvalue weighted by Gasteiger charge is -2.12. The fourth-order valence-corrected chi connectivity index (χ4v) is 1.47. The molecule has 0 aromatic heterocycles. The van der Waals surface area contributed by atoms with Crippen molar-refractivity contribution in [3.8, 4) is 5.75 Å². The highest BCUT2D eigenvalue weighted by molar-refractivity contribution is 5.67. The third kappa shape index (κ3) is 2.92. The number of carbonyl (C=O) groups is 1. The molecule has 0 fully saturated rings. The van der Waals surface area contributed by atoms with Crippen molar-refractivity contribution < 1.29 is 23.4 Å². The Morgan fingerprint density at radius 1 is 1.50 bits per heavy atom. The summed E-state index contributed by atoms with van der Waals surface area (Å²) >= 11 is 0. The number of hydrogen-bond donors (Lipinski definition) is 1. The number of alkyl halides is 2. The zero-order chi connectivity index (χ0) is 12.1. The predicted octanol–water partition coefficient (Wildman–Crippen LogP) is 2.65. The van der Waals surface area contributed by atoms with Gasteiger partial charge in [0.1, 0.15) is 5.75 Å². The van der Waals surface area contributed by atoms with Crippen LogP contribution in [0.15, 0.2) is 18.2 Å². The first kappa shape index (κ1) is 12.4. The monoisotopic (exact) mass is 230 g/mol. The van der Waals surface area contributed by atoms with E-state index in [1.165, 1.54) is 19.2 Å². The normalized spacial score (nSPS) is 10.5. The van der Waals surface area contributed by atoms with Gasteiger partial charge in [0.25, 0.3) is 6.43 Å². The molecule has 0 amide bonds. The highest BCUT2D eigenvalue weighted by atomic mass is 19.3. The van der Waals surface area contributed by atoms with Crippen molar-refractivity contribution in [2.45, 2.75) is 19.3 Å². The molecule has 1 aromatic carbocycles. The molecule has 0 bridgehead atoms. The summed E-state index contributed by atoms with van der Waals surface area (Å²) < 4.78 is 30.4. The Balaban J connectivity index is 3.02. The molecule has 0 aliphatic carbocycles. The smallest absolute Gasteiger partial charge is 0.303 e. The quantitative estimate of drug-likeness (QED) is 0.845. The van der Waals surface area contributed by atoms with E-state index in [4.69, 9.17) is 9.84 Å². The number of aryl methyl sites for hydroxylation is 1. The van der Waals surface area contributed by atoms with Gasteiger partial charge in [-0.3, -0.25) is 4.79 Å². The molecule has 16 heavy (non-hydrogen) atoms. The van der Waals surface area contributed by atoms with Crippen LogP contribution in [0.3, 0.4) is 0 Å². The molecule has 0 spiro atoms. The average molecular weight is 230 g/mol. The SMILES string of the molecule is COc1cccc(CCC(=O)O)c1C(F)F. The lowest BCUT2D eigenvalue weighted by Crippen LogP contribution is -2.03. The maximum atomic E-state index is 12.8. The van der Waals surface area contributed by atoms with E-state index in [1.54, 1.807) is 6.07 Å². The van der Waals surface area contributed by atoms with Gasteiger partial charge in [0.05, 0.1) is 12.7 Å². The van der Waals surface area contributed by atoms with Crippen molar-refractivity contribution in [1.29, 1.82) is 0 Å². The van der Waals surface area contributed by atoms with Gasteiger partial charge in [-0.1, -0.05) is 12.1 Å². The summed E-state index contributed by atoms with van der Waals surface area (Å²) in [4.78, 5) is 10.4. The van der Waals surface area contributed by atoms with Gasteiger partial charge in [0, 0.05) is 6.42 Å². The largest absolute Gasteiger partial charge is 0.496 e. The molecule has 1 rings (SSSR count). The number of methoxy groups -OCH3 is 1. The standard InChI is InChI=1S/C11H12F2O3/c1-16-8-4-2-3-7(5-6-9(14)15)10(8)11(12)13/h2-4,11H,5-6H2,1H3,(H,14,15). The number of carboxylic acids is 1. The highest BCUT2D eigenvalue weighted by Gasteiger charge is 2.18. The molecular weight excluding hydrogens is 218 g/mol. The van der Waals surface area contributed by atoms with E-state index in [9.17, 15) is 13.6 Å². The summed E-state index contributed by atoms with van der Waals surface area (Å²) in [5, 5.41) is 8.51. The van der Waals surface area contributed by atoms with Crippen LogP contribution in [0.1, 0.15) is 24.0 Å². The number of carboxylic acid groups (broad SMARTS) is 1. The van der Waals surface area contributed by atoms with Crippen LogP contribution in [0, 0.1) is 0 Å². The third-order valence-corrected chi connectivity index (χ3v) is 2.20. The summed E-state index contributed by atoms with van der Waals surface area (Å²) in [5.41, 5.74) is 0.100. The molecule has 0 radical (unpaired) electrons. The molecule has 0 atom stereocenters. The van der Waals surface area contributed by atoms with Gasteiger partial charge in [-0.15, -0.1) is 0 Å². The zero-order valence-corrected chi connectivity index (χ0v) is 8.74. The van der Waals surface area contributed by atoms with Crippen LogP contribution < -0.4 is 4.74 Å². The average Bonchev–Trinajstić information content (AvgIpc) is 2.25. The lowest BCUT2D eigenvalue weighted by atomic mass is 10.0. The second-order valence-electron chi connectivity index (χ2n) is 3.23. The van der Waals surface area contributed by atoms with Gasteiger partial charge in [-0.2, -0.15) is 0 Å². The molecule has 1 aromatic rings. The molecule has 88 valence electrons. The first-order valence-corrected chi connectivity index (χ1v) is 4.72. The van der Waals surface area contributed by atoms with Crippen molar-refractivity contribution in [2.24, 2.45) is 0 Å². The number of hydrogen-bond acceptors (Lipinski definition) is 2. The number of halogens is 2. The van der Waals surface area contributed by atoms with Crippen molar-refractivity contribution in [1.82, 2.24) is 0 Å². The van der Waals surface area contributed by atoms with Gasteiger partial charge in [-0.05, 0) is 18.1 Å². The van der Waals surface area contributed by atoms with Crippen LogP contribution in [-0.4, -0.2) is 18.2 Å². The maximum absolute atomic E-state index is 12.8. The number of rotatable bonds is 5. The first-order valence-electron chi connectivity index (χ1n) is 4.72. The van der Waals surface area contributed by atoms with Crippen LogP contribution in [0.4, 0.5) is 8.78 Å². The van der Waals surface area contributed by atoms with Crippen LogP contribution in [0.2, 0.25) is 0 Å². The van der Waals surface area contributed by atoms with Crippen molar-refractivity contribution >= 4 is 5.97 Å².